The molecule has 2 N–H and O–H groups in total. The van der Waals surface area contributed by atoms with Gasteiger partial charge in [-0.1, -0.05) is 0 Å². The van der Waals surface area contributed by atoms with E-state index in [9.17, 15) is 14.3 Å². The first-order valence-electron chi connectivity index (χ1n) is 3.89. The lowest BCUT2D eigenvalue weighted by Gasteiger charge is -2.10. The lowest BCUT2D eigenvalue weighted by atomic mass is 10.1. The molecule has 0 atom stereocenters. The SMILES string of the molecule is COC(=O)c1cc(F)c(O)c(O)c1OC. The van der Waals surface area contributed by atoms with Crippen molar-refractivity contribution in [3.05, 3.63) is 17.4 Å². The quantitative estimate of drug-likeness (QED) is 0.570. The highest BCUT2D eigenvalue weighted by Crippen LogP contribution is 2.40. The average molecular weight is 216 g/mol. The summed E-state index contributed by atoms with van der Waals surface area (Å²) in [6, 6.07) is 0.722. The van der Waals surface area contributed by atoms with Gasteiger partial charge in [-0.3, -0.25) is 0 Å². The Labute approximate surface area is 84.7 Å². The fourth-order valence-corrected chi connectivity index (χ4v) is 1.08. The Morgan fingerprint density at radius 1 is 1.33 bits per heavy atom. The molecule has 0 bridgehead atoms. The molecule has 0 unspecified atom stereocenters. The van der Waals surface area contributed by atoms with E-state index in [0.29, 0.717) is 0 Å². The van der Waals surface area contributed by atoms with Crippen molar-refractivity contribution in [1.29, 1.82) is 0 Å². The molecule has 1 aromatic carbocycles. The molecule has 0 aliphatic carbocycles. The molecule has 0 aliphatic heterocycles. The lowest BCUT2D eigenvalue weighted by Crippen LogP contribution is -2.05. The number of aromatic hydroxyl groups is 2. The summed E-state index contributed by atoms with van der Waals surface area (Å²) in [6.07, 6.45) is 0. The monoisotopic (exact) mass is 216 g/mol. The van der Waals surface area contributed by atoms with Gasteiger partial charge < -0.3 is 19.7 Å². The van der Waals surface area contributed by atoms with Crippen LogP contribution in [0.1, 0.15) is 10.4 Å². The second-order valence-electron chi connectivity index (χ2n) is 2.63. The van der Waals surface area contributed by atoms with E-state index >= 15 is 0 Å². The van der Waals surface area contributed by atoms with Crippen molar-refractivity contribution in [3.8, 4) is 17.2 Å². The van der Waals surface area contributed by atoms with Gasteiger partial charge in [-0.2, -0.15) is 0 Å². The summed E-state index contributed by atoms with van der Waals surface area (Å²) >= 11 is 0. The molecule has 82 valence electrons. The standard InChI is InChI=1S/C9H9FO5/c1-14-8-4(9(13)15-2)3-5(10)6(11)7(8)12/h3,11-12H,1-2H3. The molecule has 0 saturated carbocycles. The van der Waals surface area contributed by atoms with Crippen LogP contribution in [0.5, 0.6) is 17.2 Å². The molecule has 5 nitrogen and oxygen atoms in total. The number of carbonyl (C=O) groups excluding carboxylic acids is 1. The maximum absolute atomic E-state index is 13.0. The zero-order chi connectivity index (χ0) is 11.6. The van der Waals surface area contributed by atoms with Crippen LogP contribution in [0.4, 0.5) is 4.39 Å². The minimum absolute atomic E-state index is 0.298. The Morgan fingerprint density at radius 2 is 1.93 bits per heavy atom. The van der Waals surface area contributed by atoms with Crippen molar-refractivity contribution in [1.82, 2.24) is 0 Å². The molecule has 1 aromatic rings. The van der Waals surface area contributed by atoms with Crippen molar-refractivity contribution in [2.24, 2.45) is 0 Å². The van der Waals surface area contributed by atoms with Crippen molar-refractivity contribution >= 4 is 5.97 Å². The summed E-state index contributed by atoms with van der Waals surface area (Å²) in [4.78, 5) is 11.1. The largest absolute Gasteiger partial charge is 0.502 e. The summed E-state index contributed by atoms with van der Waals surface area (Å²) in [5.74, 6) is -4.15. The molecule has 0 aliphatic rings. The number of hydrogen-bond donors (Lipinski definition) is 2. The molecule has 6 heteroatoms. The van der Waals surface area contributed by atoms with Crippen LogP contribution in [0.25, 0.3) is 0 Å². The second-order valence-corrected chi connectivity index (χ2v) is 2.63. The summed E-state index contributed by atoms with van der Waals surface area (Å²) in [5.41, 5.74) is -0.298. The highest BCUT2D eigenvalue weighted by atomic mass is 19.1. The molecule has 0 heterocycles. The first-order valence-corrected chi connectivity index (χ1v) is 3.89. The zero-order valence-electron chi connectivity index (χ0n) is 8.07. The number of benzene rings is 1. The van der Waals surface area contributed by atoms with Gasteiger partial charge in [0.05, 0.1) is 14.2 Å². The minimum atomic E-state index is -1.13. The first kappa shape index (κ1) is 11.1. The van der Waals surface area contributed by atoms with Crippen LogP contribution in [0.2, 0.25) is 0 Å². The van der Waals surface area contributed by atoms with Crippen LogP contribution in [-0.4, -0.2) is 30.4 Å². The molecule has 15 heavy (non-hydrogen) atoms. The van der Waals surface area contributed by atoms with E-state index in [2.05, 4.69) is 9.47 Å². The summed E-state index contributed by atoms with van der Waals surface area (Å²) in [5, 5.41) is 18.3. The van der Waals surface area contributed by atoms with E-state index < -0.39 is 23.3 Å². The number of halogens is 1. The van der Waals surface area contributed by atoms with E-state index in [4.69, 9.17) is 5.11 Å². The summed E-state index contributed by atoms with van der Waals surface area (Å²) < 4.78 is 22.0. The van der Waals surface area contributed by atoms with E-state index in [-0.39, 0.29) is 11.3 Å². The Hall–Kier alpha value is -1.98. The predicted molar refractivity (Wildman–Crippen MR) is 47.6 cm³/mol. The van der Waals surface area contributed by atoms with Crippen LogP contribution in [0, 0.1) is 5.82 Å². The molecule has 0 amide bonds. The fraction of sp³-hybridized carbons (Fsp3) is 0.222. The van der Waals surface area contributed by atoms with Crippen LogP contribution in [0.3, 0.4) is 0 Å². The van der Waals surface area contributed by atoms with Crippen LogP contribution < -0.4 is 4.74 Å². The molecular formula is C9H9FO5. The van der Waals surface area contributed by atoms with Gasteiger partial charge in [0.1, 0.15) is 5.56 Å². The number of rotatable bonds is 2. The van der Waals surface area contributed by atoms with Gasteiger partial charge in [-0.25, -0.2) is 9.18 Å². The normalized spacial score (nSPS) is 9.80. The molecule has 1 rings (SSSR count). The number of esters is 1. The van der Waals surface area contributed by atoms with Gasteiger partial charge in [-0.05, 0) is 6.07 Å². The average Bonchev–Trinajstić information content (AvgIpc) is 2.24. The van der Waals surface area contributed by atoms with Crippen molar-refractivity contribution in [2.75, 3.05) is 14.2 Å². The van der Waals surface area contributed by atoms with Crippen molar-refractivity contribution in [3.63, 3.8) is 0 Å². The minimum Gasteiger partial charge on any atom is -0.502 e. The van der Waals surface area contributed by atoms with Gasteiger partial charge in [0.2, 0.25) is 5.75 Å². The Morgan fingerprint density at radius 3 is 2.40 bits per heavy atom. The first-order chi connectivity index (χ1) is 7.02. The number of ether oxygens (including phenoxy) is 2. The number of phenolic OH excluding ortho intramolecular Hbond substituents is 2. The Kier molecular flexibility index (Phi) is 2.99. The van der Waals surface area contributed by atoms with Gasteiger partial charge in [0.25, 0.3) is 0 Å². The van der Waals surface area contributed by atoms with Crippen LogP contribution in [0.15, 0.2) is 6.07 Å². The van der Waals surface area contributed by atoms with E-state index in [1.807, 2.05) is 0 Å². The second kappa shape index (κ2) is 4.04. The Bertz CT molecular complexity index is 402. The summed E-state index contributed by atoms with van der Waals surface area (Å²) in [6.45, 7) is 0. The smallest absolute Gasteiger partial charge is 0.341 e. The molecular weight excluding hydrogens is 207 g/mol. The van der Waals surface area contributed by atoms with Crippen molar-refractivity contribution in [2.45, 2.75) is 0 Å². The highest BCUT2D eigenvalue weighted by molar-refractivity contribution is 5.94. The molecule has 0 aromatic heterocycles. The summed E-state index contributed by atoms with van der Waals surface area (Å²) in [7, 11) is 2.27. The molecule has 0 fully saturated rings. The maximum Gasteiger partial charge on any atom is 0.341 e. The Balaban J connectivity index is 3.45. The third kappa shape index (κ3) is 1.78. The third-order valence-electron chi connectivity index (χ3n) is 1.79. The van der Waals surface area contributed by atoms with E-state index in [0.717, 1.165) is 13.2 Å². The third-order valence-corrected chi connectivity index (χ3v) is 1.79. The molecule has 0 radical (unpaired) electrons. The molecule has 0 saturated heterocycles. The number of phenols is 2. The van der Waals surface area contributed by atoms with Gasteiger partial charge in [-0.15, -0.1) is 0 Å². The van der Waals surface area contributed by atoms with Gasteiger partial charge in [0, 0.05) is 0 Å². The topological polar surface area (TPSA) is 76.0 Å². The highest BCUT2D eigenvalue weighted by Gasteiger charge is 2.22. The van der Waals surface area contributed by atoms with Crippen molar-refractivity contribution < 1.29 is 28.9 Å². The van der Waals surface area contributed by atoms with E-state index in [1.54, 1.807) is 0 Å². The van der Waals surface area contributed by atoms with Gasteiger partial charge >= 0.3 is 5.97 Å². The predicted octanol–water partition coefficient (Wildman–Crippen LogP) is 1.03. The number of carbonyl (C=O) groups is 1. The fourth-order valence-electron chi connectivity index (χ4n) is 1.08. The maximum atomic E-state index is 13.0. The van der Waals surface area contributed by atoms with Gasteiger partial charge in [0.15, 0.2) is 17.3 Å². The van der Waals surface area contributed by atoms with E-state index in [1.165, 1.54) is 7.11 Å². The van der Waals surface area contributed by atoms with Crippen LogP contribution in [-0.2, 0) is 4.74 Å². The van der Waals surface area contributed by atoms with Crippen LogP contribution >= 0.6 is 0 Å². The number of hydrogen-bond acceptors (Lipinski definition) is 5. The lowest BCUT2D eigenvalue weighted by molar-refractivity contribution is 0.0595. The number of methoxy groups -OCH3 is 2. The zero-order valence-corrected chi connectivity index (χ0v) is 8.07. The molecule has 0 spiro atoms.